The summed E-state index contributed by atoms with van der Waals surface area (Å²) in [6.07, 6.45) is -2.33. The van der Waals surface area contributed by atoms with Crippen molar-refractivity contribution < 1.29 is 22.6 Å². The number of hydrogen-bond donors (Lipinski definition) is 0. The number of nitrogens with zero attached hydrogens (tertiary/aromatic N) is 3. The van der Waals surface area contributed by atoms with Gasteiger partial charge in [0.05, 0.1) is 0 Å². The fourth-order valence-corrected chi connectivity index (χ4v) is 1.32. The maximum atomic E-state index is 12.2. The molecule has 0 spiro atoms. The molecule has 0 bridgehead atoms. The number of rotatable bonds is 3. The lowest BCUT2D eigenvalue weighted by molar-refractivity contribution is -0.275. The van der Waals surface area contributed by atoms with Crippen molar-refractivity contribution in [2.45, 2.75) is 6.36 Å². The van der Waals surface area contributed by atoms with E-state index in [9.17, 15) is 13.2 Å². The van der Waals surface area contributed by atoms with E-state index in [0.29, 0.717) is 0 Å². The van der Waals surface area contributed by atoms with Gasteiger partial charge >= 0.3 is 6.36 Å². The monoisotopic (exact) mass is 281 g/mol. The Kier molecular flexibility index (Phi) is 3.70. The highest BCUT2D eigenvalue weighted by molar-refractivity contribution is 5.43. The maximum Gasteiger partial charge on any atom is 0.573 e. The van der Waals surface area contributed by atoms with E-state index in [1.54, 1.807) is 6.07 Å². The summed E-state index contributed by atoms with van der Waals surface area (Å²) in [6.45, 7) is 0. The van der Waals surface area contributed by atoms with Gasteiger partial charge in [-0.1, -0.05) is 12.1 Å². The normalized spacial score (nSPS) is 10.7. The lowest BCUT2D eigenvalue weighted by Gasteiger charge is -2.13. The molecule has 1 aromatic heterocycles. The van der Waals surface area contributed by atoms with Crippen LogP contribution in [0.25, 0.3) is 0 Å². The molecular formula is C12H6F3N3O2. The van der Waals surface area contributed by atoms with Crippen molar-refractivity contribution in [1.82, 2.24) is 9.97 Å². The van der Waals surface area contributed by atoms with Crippen molar-refractivity contribution in [3.8, 4) is 23.4 Å². The predicted octanol–water partition coefficient (Wildman–Crippen LogP) is 3.04. The molecular weight excluding hydrogens is 275 g/mol. The second-order valence-electron chi connectivity index (χ2n) is 3.42. The number of alkyl halides is 3. The minimum atomic E-state index is -4.85. The Hall–Kier alpha value is -2.82. The number of nitriles is 1. The molecule has 1 heterocycles. The van der Waals surface area contributed by atoms with Crippen molar-refractivity contribution in [2.75, 3.05) is 0 Å². The number of halogens is 3. The molecule has 0 fully saturated rings. The van der Waals surface area contributed by atoms with Crippen LogP contribution in [-0.4, -0.2) is 16.3 Å². The van der Waals surface area contributed by atoms with Crippen LogP contribution >= 0.6 is 0 Å². The third-order valence-electron chi connectivity index (χ3n) is 2.05. The molecule has 2 aromatic rings. The van der Waals surface area contributed by atoms with Crippen molar-refractivity contribution in [1.29, 1.82) is 5.26 Å². The summed E-state index contributed by atoms with van der Waals surface area (Å²) in [4.78, 5) is 7.42. The second kappa shape index (κ2) is 5.44. The van der Waals surface area contributed by atoms with E-state index in [4.69, 9.17) is 10.00 Å². The first kappa shape index (κ1) is 13.6. The van der Waals surface area contributed by atoms with Gasteiger partial charge in [-0.25, -0.2) is 9.97 Å². The Morgan fingerprint density at radius 3 is 2.35 bits per heavy atom. The largest absolute Gasteiger partial charge is 0.573 e. The minimum Gasteiger partial charge on any atom is -0.433 e. The van der Waals surface area contributed by atoms with Crippen LogP contribution in [0.5, 0.6) is 17.4 Å². The third-order valence-corrected chi connectivity index (χ3v) is 2.05. The summed E-state index contributed by atoms with van der Waals surface area (Å²) in [5.74, 6) is -0.954. The van der Waals surface area contributed by atoms with Crippen LogP contribution in [-0.2, 0) is 0 Å². The first-order valence-corrected chi connectivity index (χ1v) is 5.23. The smallest absolute Gasteiger partial charge is 0.433 e. The van der Waals surface area contributed by atoms with Gasteiger partial charge in [0, 0.05) is 12.4 Å². The zero-order valence-electron chi connectivity index (χ0n) is 9.76. The summed E-state index contributed by atoms with van der Waals surface area (Å²) in [7, 11) is 0. The number of para-hydroxylation sites is 2. The van der Waals surface area contributed by atoms with Gasteiger partial charge in [0.1, 0.15) is 6.07 Å². The molecule has 5 nitrogen and oxygen atoms in total. The van der Waals surface area contributed by atoms with Crippen molar-refractivity contribution in [2.24, 2.45) is 0 Å². The summed E-state index contributed by atoms with van der Waals surface area (Å²) in [6, 6.07) is 6.89. The molecule has 0 aliphatic rings. The van der Waals surface area contributed by atoms with Gasteiger partial charge in [0.25, 0.3) is 5.88 Å². The maximum absolute atomic E-state index is 12.2. The van der Waals surface area contributed by atoms with E-state index in [0.717, 1.165) is 6.07 Å². The summed E-state index contributed by atoms with van der Waals surface area (Å²) in [5.41, 5.74) is -0.144. The molecule has 102 valence electrons. The second-order valence-corrected chi connectivity index (χ2v) is 3.42. The molecule has 0 saturated carbocycles. The summed E-state index contributed by atoms with van der Waals surface area (Å²) < 4.78 is 45.7. The summed E-state index contributed by atoms with van der Waals surface area (Å²) >= 11 is 0. The quantitative estimate of drug-likeness (QED) is 0.864. The van der Waals surface area contributed by atoms with E-state index >= 15 is 0 Å². The molecule has 0 atom stereocenters. The number of aromatic nitrogens is 2. The molecule has 0 unspecified atom stereocenters. The molecule has 0 aliphatic heterocycles. The molecule has 0 amide bonds. The van der Waals surface area contributed by atoms with Crippen LogP contribution in [0.4, 0.5) is 13.2 Å². The Balaban J connectivity index is 2.32. The molecule has 1 aromatic carbocycles. The topological polar surface area (TPSA) is 68.0 Å². The van der Waals surface area contributed by atoms with E-state index < -0.39 is 12.1 Å². The highest BCUT2D eigenvalue weighted by Gasteiger charge is 2.32. The lowest BCUT2D eigenvalue weighted by Crippen LogP contribution is -2.17. The molecule has 0 aliphatic carbocycles. The molecule has 0 N–H and O–H groups in total. The van der Waals surface area contributed by atoms with Gasteiger partial charge in [-0.2, -0.15) is 5.26 Å². The predicted molar refractivity (Wildman–Crippen MR) is 59.9 cm³/mol. The van der Waals surface area contributed by atoms with Gasteiger partial charge < -0.3 is 9.47 Å². The van der Waals surface area contributed by atoms with Crippen LogP contribution in [0.2, 0.25) is 0 Å². The molecule has 0 saturated heterocycles. The Labute approximate surface area is 111 Å². The first-order valence-electron chi connectivity index (χ1n) is 5.23. The van der Waals surface area contributed by atoms with Crippen molar-refractivity contribution >= 4 is 0 Å². The van der Waals surface area contributed by atoms with Crippen LogP contribution in [0.15, 0.2) is 36.7 Å². The molecule has 8 heteroatoms. The fraction of sp³-hybridized carbons (Fsp3) is 0.0833. The van der Waals surface area contributed by atoms with Gasteiger partial charge in [0.2, 0.25) is 5.69 Å². The highest BCUT2D eigenvalue weighted by atomic mass is 19.4. The fourth-order valence-electron chi connectivity index (χ4n) is 1.32. The minimum absolute atomic E-state index is 0.144. The average Bonchev–Trinajstić information content (AvgIpc) is 2.40. The zero-order chi connectivity index (χ0) is 14.6. The average molecular weight is 281 g/mol. The van der Waals surface area contributed by atoms with Crippen LogP contribution < -0.4 is 9.47 Å². The number of ether oxygens (including phenoxy) is 2. The van der Waals surface area contributed by atoms with Gasteiger partial charge in [-0.05, 0) is 12.1 Å². The zero-order valence-corrected chi connectivity index (χ0v) is 9.76. The number of benzene rings is 1. The highest BCUT2D eigenvalue weighted by Crippen LogP contribution is 2.34. The SMILES string of the molecule is N#Cc1nccnc1Oc1ccccc1OC(F)(F)F. The Bertz CT molecular complexity index is 653. The molecule has 0 radical (unpaired) electrons. The van der Waals surface area contributed by atoms with Crippen LogP contribution in [0.1, 0.15) is 5.69 Å². The van der Waals surface area contributed by atoms with Gasteiger partial charge in [-0.15, -0.1) is 13.2 Å². The van der Waals surface area contributed by atoms with Gasteiger partial charge in [-0.3, -0.25) is 0 Å². The van der Waals surface area contributed by atoms with Crippen LogP contribution in [0, 0.1) is 11.3 Å². The Morgan fingerprint density at radius 1 is 1.05 bits per heavy atom. The van der Waals surface area contributed by atoms with E-state index in [2.05, 4.69) is 14.7 Å². The molecule has 2 rings (SSSR count). The summed E-state index contributed by atoms with van der Waals surface area (Å²) in [5, 5.41) is 8.81. The standard InChI is InChI=1S/C12H6F3N3O2/c13-12(14,15)20-10-4-2-1-3-9(10)19-11-8(7-16)17-5-6-18-11/h1-6H. The Morgan fingerprint density at radius 2 is 1.70 bits per heavy atom. The molecule has 20 heavy (non-hydrogen) atoms. The van der Waals surface area contributed by atoms with E-state index in [1.165, 1.54) is 30.6 Å². The number of hydrogen-bond acceptors (Lipinski definition) is 5. The lowest BCUT2D eigenvalue weighted by atomic mass is 10.3. The first-order chi connectivity index (χ1) is 9.49. The van der Waals surface area contributed by atoms with Crippen LogP contribution in [0.3, 0.4) is 0 Å². The van der Waals surface area contributed by atoms with Gasteiger partial charge in [0.15, 0.2) is 11.5 Å². The van der Waals surface area contributed by atoms with Crippen molar-refractivity contribution in [3.63, 3.8) is 0 Å². The van der Waals surface area contributed by atoms with E-state index in [-0.39, 0.29) is 17.3 Å². The van der Waals surface area contributed by atoms with Crippen molar-refractivity contribution in [3.05, 3.63) is 42.4 Å². The van der Waals surface area contributed by atoms with E-state index in [1.807, 2.05) is 0 Å². The third kappa shape index (κ3) is 3.35.